The summed E-state index contributed by atoms with van der Waals surface area (Å²) >= 11 is 0. The van der Waals surface area contributed by atoms with Crippen molar-refractivity contribution in [1.82, 2.24) is 15.2 Å². The number of benzene rings is 2. The fourth-order valence-corrected chi connectivity index (χ4v) is 3.02. The number of nitrogens with zero attached hydrogens (tertiary/aromatic N) is 1. The Morgan fingerprint density at radius 3 is 2.65 bits per heavy atom. The van der Waals surface area contributed by atoms with Crippen LogP contribution in [0.3, 0.4) is 0 Å². The minimum Gasteiger partial charge on any atom is -0.302 e. The molecule has 0 amide bonds. The lowest BCUT2D eigenvalue weighted by Crippen LogP contribution is -2.10. The fourth-order valence-electron chi connectivity index (χ4n) is 3.02. The Balaban J connectivity index is 2.38. The first-order chi connectivity index (χ1) is 9.66. The number of hydrogen-bond donors (Lipinski definition) is 2. The molecule has 4 aromatic rings. The highest BCUT2D eigenvalue weighted by molar-refractivity contribution is 6.13. The number of hydrogen-bond acceptors (Lipinski definition) is 2. The van der Waals surface area contributed by atoms with Crippen molar-refractivity contribution < 1.29 is 0 Å². The SMILES string of the molecule is Cc1[nH][nH]c(=O)c2cc3c(nc4ccccc43)c(C)c12. The van der Waals surface area contributed by atoms with Crippen molar-refractivity contribution in [3.05, 3.63) is 51.9 Å². The molecule has 20 heavy (non-hydrogen) atoms. The molecule has 4 nitrogen and oxygen atoms in total. The van der Waals surface area contributed by atoms with Crippen molar-refractivity contribution >= 4 is 32.6 Å². The average molecular weight is 263 g/mol. The van der Waals surface area contributed by atoms with E-state index in [1.54, 1.807) is 0 Å². The van der Waals surface area contributed by atoms with E-state index in [1.165, 1.54) is 0 Å². The number of fused-ring (bicyclic) bond motifs is 4. The van der Waals surface area contributed by atoms with Gasteiger partial charge in [-0.1, -0.05) is 18.2 Å². The summed E-state index contributed by atoms with van der Waals surface area (Å²) in [5.74, 6) is 0. The highest BCUT2D eigenvalue weighted by atomic mass is 16.1. The van der Waals surface area contributed by atoms with E-state index in [0.717, 1.165) is 38.4 Å². The molecule has 0 spiro atoms. The van der Waals surface area contributed by atoms with Gasteiger partial charge in [-0.15, -0.1) is 0 Å². The van der Waals surface area contributed by atoms with Gasteiger partial charge in [0.2, 0.25) is 0 Å². The average Bonchev–Trinajstić information content (AvgIpc) is 2.82. The number of aryl methyl sites for hydroxylation is 2. The van der Waals surface area contributed by atoms with Crippen molar-refractivity contribution in [3.63, 3.8) is 0 Å². The predicted molar refractivity (Wildman–Crippen MR) is 81.2 cm³/mol. The van der Waals surface area contributed by atoms with Crippen molar-refractivity contribution in [1.29, 1.82) is 0 Å². The number of aromatic amines is 2. The second-order valence-corrected chi connectivity index (χ2v) is 5.15. The first-order valence-corrected chi connectivity index (χ1v) is 6.56. The maximum Gasteiger partial charge on any atom is 0.270 e. The lowest BCUT2D eigenvalue weighted by molar-refractivity contribution is 0.969. The van der Waals surface area contributed by atoms with Crippen molar-refractivity contribution in [3.8, 4) is 0 Å². The zero-order chi connectivity index (χ0) is 13.9. The Morgan fingerprint density at radius 2 is 1.80 bits per heavy atom. The Kier molecular flexibility index (Phi) is 2.07. The minimum absolute atomic E-state index is 0.0964. The standard InChI is InChI=1S/C16H13N3O/c1-8-14-9(2)18-19-16(20)12(14)7-11-10-5-3-4-6-13(10)17-15(8)11/h3-7,18H,1-2H3,(H,19,20). The number of rotatable bonds is 0. The molecule has 4 rings (SSSR count). The smallest absolute Gasteiger partial charge is 0.270 e. The third-order valence-corrected chi connectivity index (χ3v) is 3.95. The summed E-state index contributed by atoms with van der Waals surface area (Å²) in [6, 6.07) is 9.98. The highest BCUT2D eigenvalue weighted by Gasteiger charge is 2.13. The number of para-hydroxylation sites is 1. The minimum atomic E-state index is -0.0964. The van der Waals surface area contributed by atoms with E-state index in [0.29, 0.717) is 5.39 Å². The Bertz CT molecular complexity index is 1040. The molecule has 0 aliphatic carbocycles. The van der Waals surface area contributed by atoms with Gasteiger partial charge in [-0.2, -0.15) is 0 Å². The summed E-state index contributed by atoms with van der Waals surface area (Å²) < 4.78 is 0. The van der Waals surface area contributed by atoms with Crippen molar-refractivity contribution in [2.24, 2.45) is 0 Å². The van der Waals surface area contributed by atoms with E-state index in [4.69, 9.17) is 4.98 Å². The molecular formula is C16H13N3O. The van der Waals surface area contributed by atoms with E-state index in [2.05, 4.69) is 10.2 Å². The van der Waals surface area contributed by atoms with Crippen LogP contribution in [-0.2, 0) is 0 Å². The van der Waals surface area contributed by atoms with Crippen LogP contribution in [0.15, 0.2) is 35.1 Å². The molecule has 0 radical (unpaired) electrons. The Morgan fingerprint density at radius 1 is 1.00 bits per heavy atom. The second kappa shape index (κ2) is 3.70. The Labute approximate surface area is 114 Å². The molecule has 0 aliphatic heterocycles. The molecule has 2 aromatic carbocycles. The molecule has 0 fully saturated rings. The van der Waals surface area contributed by atoms with Crippen molar-refractivity contribution in [2.45, 2.75) is 13.8 Å². The largest absolute Gasteiger partial charge is 0.302 e. The summed E-state index contributed by atoms with van der Waals surface area (Å²) in [5.41, 5.74) is 3.85. The zero-order valence-corrected chi connectivity index (χ0v) is 11.2. The van der Waals surface area contributed by atoms with Gasteiger partial charge >= 0.3 is 0 Å². The van der Waals surface area contributed by atoms with Gasteiger partial charge in [-0.3, -0.25) is 9.89 Å². The van der Waals surface area contributed by atoms with Crippen LogP contribution in [0.1, 0.15) is 11.3 Å². The third-order valence-electron chi connectivity index (χ3n) is 3.95. The van der Waals surface area contributed by atoms with Gasteiger partial charge in [-0.25, -0.2) is 4.98 Å². The fraction of sp³-hybridized carbons (Fsp3) is 0.125. The van der Waals surface area contributed by atoms with Gasteiger partial charge in [0.1, 0.15) is 0 Å². The molecule has 2 aromatic heterocycles. The molecule has 2 heterocycles. The van der Waals surface area contributed by atoms with E-state index in [9.17, 15) is 4.79 Å². The zero-order valence-electron chi connectivity index (χ0n) is 11.2. The molecule has 2 N–H and O–H groups in total. The molecule has 0 bridgehead atoms. The van der Waals surface area contributed by atoms with Crippen LogP contribution < -0.4 is 5.56 Å². The molecule has 0 saturated heterocycles. The quantitative estimate of drug-likeness (QED) is 0.512. The van der Waals surface area contributed by atoms with E-state index < -0.39 is 0 Å². The second-order valence-electron chi connectivity index (χ2n) is 5.15. The van der Waals surface area contributed by atoms with Gasteiger partial charge in [0, 0.05) is 21.9 Å². The molecule has 0 aliphatic rings. The van der Waals surface area contributed by atoms with Crippen LogP contribution in [0.4, 0.5) is 0 Å². The lowest BCUT2D eigenvalue weighted by Gasteiger charge is -2.06. The van der Waals surface area contributed by atoms with Crippen LogP contribution in [0, 0.1) is 13.8 Å². The van der Waals surface area contributed by atoms with Gasteiger partial charge in [0.15, 0.2) is 0 Å². The number of H-pyrrole nitrogens is 2. The van der Waals surface area contributed by atoms with Gasteiger partial charge in [0.05, 0.1) is 16.4 Å². The van der Waals surface area contributed by atoms with Crippen LogP contribution in [0.25, 0.3) is 32.6 Å². The Hall–Kier alpha value is -2.62. The summed E-state index contributed by atoms with van der Waals surface area (Å²) in [6.07, 6.45) is 0. The molecular weight excluding hydrogens is 250 g/mol. The lowest BCUT2D eigenvalue weighted by atomic mass is 10.0. The molecule has 0 atom stereocenters. The summed E-state index contributed by atoms with van der Waals surface area (Å²) in [7, 11) is 0. The molecule has 98 valence electrons. The third kappa shape index (κ3) is 1.30. The van der Waals surface area contributed by atoms with Gasteiger partial charge < -0.3 is 5.10 Å². The van der Waals surface area contributed by atoms with E-state index in [-0.39, 0.29) is 5.56 Å². The van der Waals surface area contributed by atoms with Gasteiger partial charge in [-0.05, 0) is 31.5 Å². The summed E-state index contributed by atoms with van der Waals surface area (Å²) in [5, 5.41) is 9.40. The number of nitrogens with one attached hydrogen (secondary N) is 2. The topological polar surface area (TPSA) is 61.5 Å². The first kappa shape index (κ1) is 11.2. The summed E-state index contributed by atoms with van der Waals surface area (Å²) in [4.78, 5) is 16.8. The maximum atomic E-state index is 12.1. The van der Waals surface area contributed by atoms with Crippen molar-refractivity contribution in [2.75, 3.05) is 0 Å². The number of aromatic nitrogens is 3. The predicted octanol–water partition coefficient (Wildman–Crippen LogP) is 3.17. The van der Waals surface area contributed by atoms with E-state index >= 15 is 0 Å². The first-order valence-electron chi connectivity index (χ1n) is 6.56. The highest BCUT2D eigenvalue weighted by Crippen LogP contribution is 2.32. The molecule has 0 unspecified atom stereocenters. The van der Waals surface area contributed by atoms with Gasteiger partial charge in [0.25, 0.3) is 5.56 Å². The molecule has 0 saturated carbocycles. The van der Waals surface area contributed by atoms with Crippen LogP contribution in [0.5, 0.6) is 0 Å². The normalized spacial score (nSPS) is 11.7. The van der Waals surface area contributed by atoms with Crippen LogP contribution >= 0.6 is 0 Å². The monoisotopic (exact) mass is 263 g/mol. The van der Waals surface area contributed by atoms with Crippen LogP contribution in [0.2, 0.25) is 0 Å². The molecule has 4 heteroatoms. The maximum absolute atomic E-state index is 12.1. The summed E-state index contributed by atoms with van der Waals surface area (Å²) in [6.45, 7) is 3.98. The van der Waals surface area contributed by atoms with E-state index in [1.807, 2.05) is 44.2 Å². The van der Waals surface area contributed by atoms with Crippen LogP contribution in [-0.4, -0.2) is 15.2 Å².